The normalized spacial score (nSPS) is 21.2. The highest BCUT2D eigenvalue weighted by Crippen LogP contribution is 2.31. The van der Waals surface area contributed by atoms with E-state index in [0.717, 1.165) is 44.0 Å². The van der Waals surface area contributed by atoms with Gasteiger partial charge in [0.05, 0.1) is 12.7 Å². The number of hydrogen-bond donors (Lipinski definition) is 1. The Morgan fingerprint density at radius 3 is 2.73 bits per heavy atom. The Balaban J connectivity index is 1.21. The van der Waals surface area contributed by atoms with Gasteiger partial charge in [-0.1, -0.05) is 29.8 Å². The molecule has 1 fully saturated rings. The summed E-state index contributed by atoms with van der Waals surface area (Å²) in [6.45, 7) is 7.03. The van der Waals surface area contributed by atoms with Crippen molar-refractivity contribution in [2.24, 2.45) is 5.73 Å². The van der Waals surface area contributed by atoms with Gasteiger partial charge in [-0.25, -0.2) is 0 Å². The number of halogens is 1. The lowest BCUT2D eigenvalue weighted by Gasteiger charge is -2.41. The van der Waals surface area contributed by atoms with E-state index in [1.807, 2.05) is 30.3 Å². The van der Waals surface area contributed by atoms with Gasteiger partial charge in [0.15, 0.2) is 0 Å². The molecule has 1 saturated heterocycles. The molecule has 0 radical (unpaired) electrons. The van der Waals surface area contributed by atoms with Gasteiger partial charge in [0.2, 0.25) is 5.91 Å². The summed E-state index contributed by atoms with van der Waals surface area (Å²) in [7, 11) is 0. The molecule has 0 bridgehead atoms. The third-order valence-electron chi connectivity index (χ3n) is 7.06. The summed E-state index contributed by atoms with van der Waals surface area (Å²) < 4.78 is 6.11. The van der Waals surface area contributed by atoms with Crippen molar-refractivity contribution in [3.05, 3.63) is 76.3 Å². The number of hydrogen-bond acceptors (Lipinski definition) is 4. The predicted molar refractivity (Wildman–Crippen MR) is 134 cm³/mol. The molecule has 1 amide bonds. The molecule has 0 aromatic heterocycles. The van der Waals surface area contributed by atoms with Gasteiger partial charge in [-0.15, -0.1) is 0 Å². The molecule has 6 heteroatoms. The van der Waals surface area contributed by atoms with Crippen molar-refractivity contribution < 1.29 is 9.53 Å². The second-order valence-electron chi connectivity index (χ2n) is 9.18. The largest absolute Gasteiger partial charge is 0.373 e. The van der Waals surface area contributed by atoms with Gasteiger partial charge in [-0.3, -0.25) is 9.69 Å². The summed E-state index contributed by atoms with van der Waals surface area (Å²) in [6.07, 6.45) is 1.86. The molecule has 172 valence electrons. The van der Waals surface area contributed by atoms with E-state index in [2.05, 4.69) is 41.0 Å². The van der Waals surface area contributed by atoms with Crippen LogP contribution in [0.4, 0.5) is 5.69 Å². The number of carbonyl (C=O) groups excluding carboxylic acids is 1. The van der Waals surface area contributed by atoms with E-state index in [4.69, 9.17) is 22.1 Å². The number of ether oxygens (including phenoxy) is 1. The highest BCUT2D eigenvalue weighted by molar-refractivity contribution is 6.31. The first kappa shape index (κ1) is 22.2. The van der Waals surface area contributed by atoms with Crippen LogP contribution < -0.4 is 10.6 Å². The molecule has 0 aliphatic carbocycles. The lowest BCUT2D eigenvalue weighted by molar-refractivity contribution is 0.0255. The monoisotopic (exact) mass is 463 g/mol. The van der Waals surface area contributed by atoms with Crippen molar-refractivity contribution >= 4 is 34.0 Å². The Morgan fingerprint density at radius 2 is 1.91 bits per heavy atom. The average molecular weight is 464 g/mol. The van der Waals surface area contributed by atoms with E-state index in [1.165, 1.54) is 27.6 Å². The van der Waals surface area contributed by atoms with Crippen LogP contribution in [-0.4, -0.2) is 49.6 Å². The standard InChI is InChI=1S/C27H30ClN3O2/c1-18-17-31(24-6-3-19-15-23(28)5-2-20(19)16-24)12-11-30(18)10-8-26-25-7-4-22(27(29)32)14-21(25)9-13-33-26/h2-7,14-16,18,26H,8-13,17H2,1H3,(H2,29,32)/t18-,26+/m1/s1. The molecular weight excluding hydrogens is 434 g/mol. The maximum Gasteiger partial charge on any atom is 0.248 e. The molecule has 5 rings (SSSR count). The van der Waals surface area contributed by atoms with Crippen LogP contribution in [0.3, 0.4) is 0 Å². The molecule has 0 unspecified atom stereocenters. The first-order valence-electron chi connectivity index (χ1n) is 11.7. The van der Waals surface area contributed by atoms with Crippen LogP contribution in [-0.2, 0) is 11.2 Å². The van der Waals surface area contributed by atoms with Crippen LogP contribution in [0.5, 0.6) is 0 Å². The zero-order valence-electron chi connectivity index (χ0n) is 19.0. The second kappa shape index (κ2) is 9.34. The fraction of sp³-hybridized carbons (Fsp3) is 0.370. The first-order valence-corrected chi connectivity index (χ1v) is 12.1. The lowest BCUT2D eigenvalue weighted by Crippen LogP contribution is -2.52. The summed E-state index contributed by atoms with van der Waals surface area (Å²) in [5.74, 6) is -0.372. The van der Waals surface area contributed by atoms with E-state index >= 15 is 0 Å². The van der Waals surface area contributed by atoms with Gasteiger partial charge in [0, 0.05) is 48.5 Å². The average Bonchev–Trinajstić information content (AvgIpc) is 2.82. The van der Waals surface area contributed by atoms with E-state index in [9.17, 15) is 4.79 Å². The number of piperazine rings is 1. The number of anilines is 1. The van der Waals surface area contributed by atoms with Gasteiger partial charge in [-0.2, -0.15) is 0 Å². The number of carbonyl (C=O) groups is 1. The minimum Gasteiger partial charge on any atom is -0.373 e. The lowest BCUT2D eigenvalue weighted by atomic mass is 9.93. The topological polar surface area (TPSA) is 58.8 Å². The van der Waals surface area contributed by atoms with Crippen LogP contribution in [0.1, 0.15) is 40.9 Å². The molecule has 2 N–H and O–H groups in total. The number of nitrogens with zero attached hydrogens (tertiary/aromatic N) is 2. The number of rotatable bonds is 5. The summed E-state index contributed by atoms with van der Waals surface area (Å²) in [5, 5.41) is 3.17. The van der Waals surface area contributed by atoms with Crippen molar-refractivity contribution in [3.63, 3.8) is 0 Å². The molecule has 0 saturated carbocycles. The second-order valence-corrected chi connectivity index (χ2v) is 9.62. The number of fused-ring (bicyclic) bond motifs is 2. The van der Waals surface area contributed by atoms with E-state index in [1.54, 1.807) is 0 Å². The molecule has 0 spiro atoms. The highest BCUT2D eigenvalue weighted by Gasteiger charge is 2.27. The Kier molecular flexibility index (Phi) is 6.28. The quantitative estimate of drug-likeness (QED) is 0.590. The van der Waals surface area contributed by atoms with Gasteiger partial charge in [-0.05, 0) is 78.1 Å². The van der Waals surface area contributed by atoms with E-state index < -0.39 is 0 Å². The molecular formula is C27H30ClN3O2. The maximum absolute atomic E-state index is 11.5. The van der Waals surface area contributed by atoms with E-state index in [0.29, 0.717) is 18.2 Å². The zero-order valence-corrected chi connectivity index (χ0v) is 19.7. The smallest absolute Gasteiger partial charge is 0.248 e. The minimum atomic E-state index is -0.372. The molecule has 2 heterocycles. The first-order chi connectivity index (χ1) is 16.0. The summed E-state index contributed by atoms with van der Waals surface area (Å²) in [5.41, 5.74) is 9.70. The summed E-state index contributed by atoms with van der Waals surface area (Å²) >= 11 is 6.13. The maximum atomic E-state index is 11.5. The summed E-state index contributed by atoms with van der Waals surface area (Å²) in [6, 6.07) is 18.9. The Labute approximate surface area is 200 Å². The molecule has 2 atom stereocenters. The predicted octanol–water partition coefficient (Wildman–Crippen LogP) is 4.81. The van der Waals surface area contributed by atoms with Crippen molar-refractivity contribution in [1.29, 1.82) is 0 Å². The van der Waals surface area contributed by atoms with Crippen LogP contribution in [0.15, 0.2) is 54.6 Å². The van der Waals surface area contributed by atoms with Crippen LogP contribution in [0.2, 0.25) is 5.02 Å². The zero-order chi connectivity index (χ0) is 22.9. The van der Waals surface area contributed by atoms with Gasteiger partial charge in [0.1, 0.15) is 0 Å². The molecule has 2 aliphatic heterocycles. The fourth-order valence-corrected chi connectivity index (χ4v) is 5.36. The molecule has 3 aromatic carbocycles. The number of primary amides is 1. The minimum absolute atomic E-state index is 0.0771. The van der Waals surface area contributed by atoms with Crippen LogP contribution in [0.25, 0.3) is 10.8 Å². The number of nitrogens with two attached hydrogens (primary N) is 1. The van der Waals surface area contributed by atoms with Crippen molar-refractivity contribution in [3.8, 4) is 0 Å². The molecule has 5 nitrogen and oxygen atoms in total. The number of benzene rings is 3. The van der Waals surface area contributed by atoms with Crippen molar-refractivity contribution in [2.45, 2.75) is 31.9 Å². The van der Waals surface area contributed by atoms with Gasteiger partial charge >= 0.3 is 0 Å². The van der Waals surface area contributed by atoms with Gasteiger partial charge in [0.25, 0.3) is 0 Å². The van der Waals surface area contributed by atoms with Gasteiger partial charge < -0.3 is 15.4 Å². The third kappa shape index (κ3) is 4.72. The van der Waals surface area contributed by atoms with Crippen LogP contribution in [0, 0.1) is 0 Å². The molecule has 33 heavy (non-hydrogen) atoms. The molecule has 3 aromatic rings. The van der Waals surface area contributed by atoms with Crippen molar-refractivity contribution in [1.82, 2.24) is 4.90 Å². The molecule has 2 aliphatic rings. The van der Waals surface area contributed by atoms with Crippen molar-refractivity contribution in [2.75, 3.05) is 37.7 Å². The summed E-state index contributed by atoms with van der Waals surface area (Å²) in [4.78, 5) is 16.6. The SMILES string of the molecule is C[C@@H]1CN(c2ccc3cc(Cl)ccc3c2)CCN1CC[C@@H]1OCCc2cc(C(N)=O)ccc21. The fourth-order valence-electron chi connectivity index (χ4n) is 5.18. The Hall–Kier alpha value is -2.60. The Bertz CT molecular complexity index is 1180. The van der Waals surface area contributed by atoms with Crippen LogP contribution >= 0.6 is 11.6 Å². The third-order valence-corrected chi connectivity index (χ3v) is 7.29. The highest BCUT2D eigenvalue weighted by atomic mass is 35.5. The van der Waals surface area contributed by atoms with E-state index in [-0.39, 0.29) is 12.0 Å². The number of amides is 1. The Morgan fingerprint density at radius 1 is 1.09 bits per heavy atom.